The summed E-state index contributed by atoms with van der Waals surface area (Å²) in [6.45, 7) is 3.28. The first-order valence-electron chi connectivity index (χ1n) is 8.21. The maximum absolute atomic E-state index is 14.3. The molecule has 1 aromatic carbocycles. The average molecular weight is 324 g/mol. The Hall–Kier alpha value is -1.85. The molecule has 0 saturated heterocycles. The van der Waals surface area contributed by atoms with Gasteiger partial charge in [0.2, 0.25) is 0 Å². The van der Waals surface area contributed by atoms with Gasteiger partial charge in [0.15, 0.2) is 0 Å². The summed E-state index contributed by atoms with van der Waals surface area (Å²) < 4.78 is 34.1. The van der Waals surface area contributed by atoms with Crippen LogP contribution in [0.4, 0.5) is 14.5 Å². The smallest absolute Gasteiger partial charge is 0.325 e. The minimum atomic E-state index is -3.36. The number of halogens is 2. The summed E-state index contributed by atoms with van der Waals surface area (Å²) in [6, 6.07) is 3.76. The van der Waals surface area contributed by atoms with Crippen molar-refractivity contribution in [1.82, 2.24) is 5.32 Å². The van der Waals surface area contributed by atoms with Crippen molar-refractivity contribution in [3.05, 3.63) is 23.3 Å². The van der Waals surface area contributed by atoms with Gasteiger partial charge in [-0.25, -0.2) is 0 Å². The fourth-order valence-corrected chi connectivity index (χ4v) is 3.34. The molecule has 23 heavy (non-hydrogen) atoms. The van der Waals surface area contributed by atoms with Crippen LogP contribution in [0.15, 0.2) is 12.1 Å². The van der Waals surface area contributed by atoms with E-state index in [-0.39, 0.29) is 5.92 Å². The molecule has 4 nitrogen and oxygen atoms in total. The number of alkyl halides is 2. The number of amides is 1. The lowest BCUT2D eigenvalue weighted by atomic mass is 9.89. The van der Waals surface area contributed by atoms with E-state index in [2.05, 4.69) is 10.6 Å². The number of carbonyl (C=O) groups excluding carboxylic acids is 1. The van der Waals surface area contributed by atoms with E-state index in [1.54, 1.807) is 0 Å². The SMILES string of the molecule is CCCCNC(=O)C(F)(F)CC1CNc2ccc3c(c21)CCO3. The van der Waals surface area contributed by atoms with Crippen LogP contribution in [0.25, 0.3) is 0 Å². The molecule has 1 unspecified atom stereocenters. The fraction of sp³-hybridized carbons (Fsp3) is 0.588. The molecule has 0 aromatic heterocycles. The van der Waals surface area contributed by atoms with Gasteiger partial charge >= 0.3 is 5.92 Å². The number of benzene rings is 1. The summed E-state index contributed by atoms with van der Waals surface area (Å²) >= 11 is 0. The third-order valence-electron chi connectivity index (χ3n) is 4.52. The summed E-state index contributed by atoms with van der Waals surface area (Å²) in [7, 11) is 0. The van der Waals surface area contributed by atoms with Crippen LogP contribution >= 0.6 is 0 Å². The lowest BCUT2D eigenvalue weighted by Gasteiger charge is -2.20. The molecular weight excluding hydrogens is 302 g/mol. The molecule has 126 valence electrons. The third-order valence-corrected chi connectivity index (χ3v) is 4.52. The van der Waals surface area contributed by atoms with Gasteiger partial charge < -0.3 is 15.4 Å². The Bertz CT molecular complexity index is 605. The highest BCUT2D eigenvalue weighted by atomic mass is 19.3. The second-order valence-electron chi connectivity index (χ2n) is 6.20. The van der Waals surface area contributed by atoms with E-state index in [9.17, 15) is 13.6 Å². The van der Waals surface area contributed by atoms with Gasteiger partial charge in [0.1, 0.15) is 5.75 Å². The number of carbonyl (C=O) groups is 1. The van der Waals surface area contributed by atoms with Crippen LogP contribution in [0.3, 0.4) is 0 Å². The van der Waals surface area contributed by atoms with Gasteiger partial charge in [-0.05, 0) is 24.1 Å². The zero-order valence-corrected chi connectivity index (χ0v) is 13.3. The number of nitrogens with one attached hydrogen (secondary N) is 2. The lowest BCUT2D eigenvalue weighted by molar-refractivity contribution is -0.147. The normalized spacial score (nSPS) is 18.8. The highest BCUT2D eigenvalue weighted by molar-refractivity contribution is 5.83. The van der Waals surface area contributed by atoms with Gasteiger partial charge in [-0.2, -0.15) is 8.78 Å². The third kappa shape index (κ3) is 3.12. The van der Waals surface area contributed by atoms with E-state index in [0.29, 0.717) is 26.1 Å². The number of hydrogen-bond acceptors (Lipinski definition) is 3. The van der Waals surface area contributed by atoms with Crippen LogP contribution in [-0.2, 0) is 11.2 Å². The summed E-state index contributed by atoms with van der Waals surface area (Å²) in [4.78, 5) is 11.8. The van der Waals surface area contributed by atoms with Gasteiger partial charge in [-0.1, -0.05) is 13.3 Å². The van der Waals surface area contributed by atoms with E-state index < -0.39 is 18.3 Å². The maximum atomic E-state index is 14.3. The first-order valence-corrected chi connectivity index (χ1v) is 8.21. The van der Waals surface area contributed by atoms with E-state index in [4.69, 9.17) is 4.74 Å². The van der Waals surface area contributed by atoms with Crippen LogP contribution in [0.5, 0.6) is 5.75 Å². The molecule has 2 aliphatic rings. The lowest BCUT2D eigenvalue weighted by Crippen LogP contribution is -2.41. The summed E-state index contributed by atoms with van der Waals surface area (Å²) in [5.74, 6) is -4.10. The number of unbranched alkanes of at least 4 members (excludes halogenated alkanes) is 1. The molecule has 0 saturated carbocycles. The molecule has 0 fully saturated rings. The van der Waals surface area contributed by atoms with Crippen molar-refractivity contribution in [3.8, 4) is 5.75 Å². The molecule has 2 heterocycles. The number of ether oxygens (including phenoxy) is 1. The van der Waals surface area contributed by atoms with Gasteiger partial charge in [0, 0.05) is 43.1 Å². The molecule has 1 amide bonds. The standard InChI is InChI=1S/C17H22F2N2O2/c1-2-3-7-20-16(22)17(18,19)9-11-10-21-13-4-5-14-12(15(11)13)6-8-23-14/h4-5,11,21H,2-3,6-10H2,1H3,(H,20,22). The zero-order valence-electron chi connectivity index (χ0n) is 13.3. The molecule has 2 aliphatic heterocycles. The molecule has 3 rings (SSSR count). The largest absolute Gasteiger partial charge is 0.493 e. The molecule has 1 atom stereocenters. The average Bonchev–Trinajstić information content (AvgIpc) is 3.13. The van der Waals surface area contributed by atoms with E-state index in [1.807, 2.05) is 19.1 Å². The Balaban J connectivity index is 1.73. The number of hydrogen-bond donors (Lipinski definition) is 2. The number of fused-ring (bicyclic) bond motifs is 3. The minimum absolute atomic E-state index is 0.299. The Labute approximate surface area is 134 Å². The van der Waals surface area contributed by atoms with E-state index >= 15 is 0 Å². The summed E-state index contributed by atoms with van der Waals surface area (Å²) in [5.41, 5.74) is 2.81. The molecule has 0 aliphatic carbocycles. The van der Waals surface area contributed by atoms with Crippen molar-refractivity contribution in [1.29, 1.82) is 0 Å². The second-order valence-corrected chi connectivity index (χ2v) is 6.20. The fourth-order valence-electron chi connectivity index (χ4n) is 3.34. The Morgan fingerprint density at radius 2 is 2.30 bits per heavy atom. The topological polar surface area (TPSA) is 50.4 Å². The Morgan fingerprint density at radius 3 is 3.09 bits per heavy atom. The number of anilines is 1. The second kappa shape index (κ2) is 6.34. The zero-order chi connectivity index (χ0) is 16.4. The predicted molar refractivity (Wildman–Crippen MR) is 84.4 cm³/mol. The molecule has 0 spiro atoms. The van der Waals surface area contributed by atoms with Gasteiger partial charge in [0.05, 0.1) is 6.61 Å². The van der Waals surface area contributed by atoms with Crippen LogP contribution in [0.2, 0.25) is 0 Å². The van der Waals surface area contributed by atoms with Crippen LogP contribution < -0.4 is 15.4 Å². The van der Waals surface area contributed by atoms with Gasteiger partial charge in [-0.15, -0.1) is 0 Å². The van der Waals surface area contributed by atoms with Gasteiger partial charge in [-0.3, -0.25) is 4.79 Å². The Kier molecular flexibility index (Phi) is 4.41. The van der Waals surface area contributed by atoms with E-state index in [1.165, 1.54) is 0 Å². The van der Waals surface area contributed by atoms with Crippen molar-refractivity contribution in [2.75, 3.05) is 25.0 Å². The minimum Gasteiger partial charge on any atom is -0.493 e. The van der Waals surface area contributed by atoms with Crippen molar-refractivity contribution in [2.45, 2.75) is 44.4 Å². The molecule has 6 heteroatoms. The highest BCUT2D eigenvalue weighted by Gasteiger charge is 2.43. The van der Waals surface area contributed by atoms with Crippen LogP contribution in [0, 0.1) is 0 Å². The molecule has 1 aromatic rings. The predicted octanol–water partition coefficient (Wildman–Crippen LogP) is 3.07. The van der Waals surface area contributed by atoms with Crippen molar-refractivity contribution >= 4 is 11.6 Å². The molecule has 0 bridgehead atoms. The first kappa shape index (κ1) is 16.0. The van der Waals surface area contributed by atoms with E-state index in [0.717, 1.165) is 35.4 Å². The molecular formula is C17H22F2N2O2. The first-order chi connectivity index (χ1) is 11.0. The summed E-state index contributed by atoms with van der Waals surface area (Å²) in [6.07, 6.45) is 1.84. The maximum Gasteiger partial charge on any atom is 0.325 e. The molecule has 2 N–H and O–H groups in total. The van der Waals surface area contributed by atoms with Crippen LogP contribution in [0.1, 0.15) is 43.2 Å². The molecule has 0 radical (unpaired) electrons. The quantitative estimate of drug-likeness (QED) is 0.791. The van der Waals surface area contributed by atoms with Crippen molar-refractivity contribution < 1.29 is 18.3 Å². The van der Waals surface area contributed by atoms with Crippen molar-refractivity contribution in [2.24, 2.45) is 0 Å². The summed E-state index contributed by atoms with van der Waals surface area (Å²) in [5, 5.41) is 5.51. The number of rotatable bonds is 6. The highest BCUT2D eigenvalue weighted by Crippen LogP contribution is 2.44. The van der Waals surface area contributed by atoms with Gasteiger partial charge in [0.25, 0.3) is 5.91 Å². The monoisotopic (exact) mass is 324 g/mol. The van der Waals surface area contributed by atoms with Crippen molar-refractivity contribution in [3.63, 3.8) is 0 Å². The van der Waals surface area contributed by atoms with Crippen LogP contribution in [-0.4, -0.2) is 31.5 Å². The Morgan fingerprint density at radius 1 is 1.48 bits per heavy atom.